The van der Waals surface area contributed by atoms with Gasteiger partial charge in [-0.2, -0.15) is 0 Å². The highest BCUT2D eigenvalue weighted by atomic mass is 16.6. The fourth-order valence-corrected chi connectivity index (χ4v) is 3.08. The van der Waals surface area contributed by atoms with Gasteiger partial charge in [-0.25, -0.2) is 0 Å². The molecule has 1 aromatic carbocycles. The smallest absolute Gasteiger partial charge is 0.325 e. The molecular formula is C20H32N4O3. The molecule has 7 nitrogen and oxygen atoms in total. The van der Waals surface area contributed by atoms with E-state index in [2.05, 4.69) is 29.4 Å². The van der Waals surface area contributed by atoms with E-state index in [-0.39, 0.29) is 17.9 Å². The monoisotopic (exact) mass is 376 g/mol. The van der Waals surface area contributed by atoms with Gasteiger partial charge in [0.05, 0.1) is 5.56 Å². The summed E-state index contributed by atoms with van der Waals surface area (Å²) in [7, 11) is 0. The molecule has 1 amide bonds. The maximum absolute atomic E-state index is 12.5. The summed E-state index contributed by atoms with van der Waals surface area (Å²) in [4.78, 5) is 26.6. The zero-order valence-electron chi connectivity index (χ0n) is 17.0. The Labute approximate surface area is 161 Å². The maximum Gasteiger partial charge on any atom is 0.325 e. The quantitative estimate of drug-likeness (QED) is 0.547. The molecule has 0 radical (unpaired) electrons. The van der Waals surface area contributed by atoms with Crippen LogP contribution < -0.4 is 21.3 Å². The van der Waals surface area contributed by atoms with E-state index in [1.807, 2.05) is 6.07 Å². The maximum atomic E-state index is 12.5. The molecule has 1 aliphatic heterocycles. The van der Waals surface area contributed by atoms with E-state index in [9.17, 15) is 9.59 Å². The standard InChI is InChI=1S/C20H32N4O3/c1-19(2,3)27-17(25)11-23-18(26)15-10-14(6-7-16(15)21)24-9-8-22-12-20(4,5)13-24/h6-7,10,22H,8-9,11-13,21H2,1-5H3,(H,23,26). The molecule has 1 fully saturated rings. The van der Waals surface area contributed by atoms with Gasteiger partial charge in [0.25, 0.3) is 5.91 Å². The number of nitrogens with zero attached hydrogens (tertiary/aromatic N) is 1. The first-order valence-corrected chi connectivity index (χ1v) is 9.32. The summed E-state index contributed by atoms with van der Waals surface area (Å²) < 4.78 is 5.21. The predicted molar refractivity (Wildman–Crippen MR) is 108 cm³/mol. The fraction of sp³-hybridized carbons (Fsp3) is 0.600. The minimum Gasteiger partial charge on any atom is -0.459 e. The SMILES string of the molecule is CC1(C)CNCCN(c2ccc(N)c(C(=O)NCC(=O)OC(C)(C)C)c2)C1. The van der Waals surface area contributed by atoms with E-state index in [1.54, 1.807) is 32.9 Å². The third-order valence-corrected chi connectivity index (χ3v) is 4.24. The van der Waals surface area contributed by atoms with E-state index in [1.165, 1.54) is 0 Å². The Hall–Kier alpha value is -2.28. The Kier molecular flexibility index (Phi) is 6.36. The van der Waals surface area contributed by atoms with Crippen molar-refractivity contribution >= 4 is 23.3 Å². The van der Waals surface area contributed by atoms with Crippen LogP contribution >= 0.6 is 0 Å². The van der Waals surface area contributed by atoms with Crippen molar-refractivity contribution in [3.8, 4) is 0 Å². The molecule has 0 spiro atoms. The summed E-state index contributed by atoms with van der Waals surface area (Å²) in [5, 5.41) is 6.04. The number of hydrogen-bond acceptors (Lipinski definition) is 6. The van der Waals surface area contributed by atoms with Crippen molar-refractivity contribution in [3.63, 3.8) is 0 Å². The molecule has 1 heterocycles. The van der Waals surface area contributed by atoms with Crippen LogP contribution in [0.4, 0.5) is 11.4 Å². The molecule has 0 bridgehead atoms. The summed E-state index contributed by atoms with van der Waals surface area (Å²) in [5.74, 6) is -0.863. The number of nitrogen functional groups attached to an aromatic ring is 1. The number of nitrogens with two attached hydrogens (primary N) is 1. The molecule has 0 saturated carbocycles. The first-order chi connectivity index (χ1) is 12.5. The average Bonchev–Trinajstić information content (AvgIpc) is 2.72. The number of esters is 1. The Bertz CT molecular complexity index is 695. The van der Waals surface area contributed by atoms with Gasteiger partial charge in [-0.05, 0) is 44.4 Å². The van der Waals surface area contributed by atoms with Crippen molar-refractivity contribution in [1.29, 1.82) is 0 Å². The first-order valence-electron chi connectivity index (χ1n) is 9.32. The third kappa shape index (κ3) is 6.43. The molecule has 4 N–H and O–H groups in total. The Morgan fingerprint density at radius 3 is 2.70 bits per heavy atom. The van der Waals surface area contributed by atoms with Crippen molar-refractivity contribution in [3.05, 3.63) is 23.8 Å². The summed E-state index contributed by atoms with van der Waals surface area (Å²) in [6, 6.07) is 5.46. The van der Waals surface area contributed by atoms with Gasteiger partial charge in [-0.15, -0.1) is 0 Å². The lowest BCUT2D eigenvalue weighted by atomic mass is 9.93. The molecule has 7 heteroatoms. The Morgan fingerprint density at radius 1 is 1.33 bits per heavy atom. The van der Waals surface area contributed by atoms with E-state index in [0.29, 0.717) is 11.3 Å². The molecule has 0 atom stereocenters. The van der Waals surface area contributed by atoms with Crippen LogP contribution in [-0.4, -0.2) is 50.2 Å². The van der Waals surface area contributed by atoms with Crippen LogP contribution in [0.1, 0.15) is 45.0 Å². The highest BCUT2D eigenvalue weighted by Crippen LogP contribution is 2.26. The third-order valence-electron chi connectivity index (χ3n) is 4.24. The fourth-order valence-electron chi connectivity index (χ4n) is 3.08. The van der Waals surface area contributed by atoms with Crippen molar-refractivity contribution in [2.75, 3.05) is 43.4 Å². The molecule has 27 heavy (non-hydrogen) atoms. The second-order valence-corrected chi connectivity index (χ2v) is 8.80. The highest BCUT2D eigenvalue weighted by Gasteiger charge is 2.25. The summed E-state index contributed by atoms with van der Waals surface area (Å²) in [6.07, 6.45) is 0. The molecule has 2 rings (SSSR count). The number of rotatable bonds is 4. The lowest BCUT2D eigenvalue weighted by Gasteiger charge is -2.31. The molecule has 1 aliphatic rings. The van der Waals surface area contributed by atoms with E-state index < -0.39 is 11.6 Å². The first kappa shape index (κ1) is 21.0. The van der Waals surface area contributed by atoms with Gasteiger partial charge in [-0.3, -0.25) is 9.59 Å². The number of carbonyl (C=O) groups excluding carboxylic acids is 2. The lowest BCUT2D eigenvalue weighted by Crippen LogP contribution is -2.36. The van der Waals surface area contributed by atoms with Crippen molar-refractivity contribution in [1.82, 2.24) is 10.6 Å². The molecule has 0 aliphatic carbocycles. The molecule has 0 unspecified atom stereocenters. The summed E-state index contributed by atoms with van der Waals surface area (Å²) in [6.45, 7) is 13.1. The van der Waals surface area contributed by atoms with Crippen molar-refractivity contribution in [2.45, 2.75) is 40.2 Å². The topological polar surface area (TPSA) is 96.7 Å². The number of nitrogens with one attached hydrogen (secondary N) is 2. The number of hydrogen-bond donors (Lipinski definition) is 3. The normalized spacial score (nSPS) is 17.1. The number of amides is 1. The minimum absolute atomic E-state index is 0.122. The lowest BCUT2D eigenvalue weighted by molar-refractivity contribution is -0.153. The van der Waals surface area contributed by atoms with Crippen LogP contribution in [0, 0.1) is 5.41 Å². The average molecular weight is 377 g/mol. The van der Waals surface area contributed by atoms with Gasteiger partial charge in [0.15, 0.2) is 0 Å². The largest absolute Gasteiger partial charge is 0.459 e. The summed E-state index contributed by atoms with van der Waals surface area (Å²) in [5.41, 5.74) is 7.23. The van der Waals surface area contributed by atoms with Crippen LogP contribution in [0.5, 0.6) is 0 Å². The van der Waals surface area contributed by atoms with E-state index >= 15 is 0 Å². The molecule has 1 saturated heterocycles. The van der Waals surface area contributed by atoms with E-state index in [0.717, 1.165) is 31.9 Å². The Balaban J connectivity index is 2.10. The van der Waals surface area contributed by atoms with Gasteiger partial charge in [0.1, 0.15) is 12.1 Å². The van der Waals surface area contributed by atoms with Crippen molar-refractivity contribution < 1.29 is 14.3 Å². The minimum atomic E-state index is -0.589. The van der Waals surface area contributed by atoms with Crippen molar-refractivity contribution in [2.24, 2.45) is 5.41 Å². The highest BCUT2D eigenvalue weighted by molar-refractivity contribution is 6.01. The summed E-state index contributed by atoms with van der Waals surface area (Å²) >= 11 is 0. The van der Waals surface area contributed by atoms with Crippen LogP contribution in [0.15, 0.2) is 18.2 Å². The van der Waals surface area contributed by atoms with Gasteiger partial charge < -0.3 is 26.0 Å². The zero-order valence-corrected chi connectivity index (χ0v) is 17.0. The van der Waals surface area contributed by atoms with Crippen LogP contribution in [0.2, 0.25) is 0 Å². The van der Waals surface area contributed by atoms with Crippen LogP contribution in [0.3, 0.4) is 0 Å². The second kappa shape index (κ2) is 8.17. The van der Waals surface area contributed by atoms with Gasteiger partial charge in [0, 0.05) is 37.6 Å². The van der Waals surface area contributed by atoms with Gasteiger partial charge in [0.2, 0.25) is 0 Å². The number of benzene rings is 1. The van der Waals surface area contributed by atoms with Gasteiger partial charge in [-0.1, -0.05) is 13.8 Å². The van der Waals surface area contributed by atoms with Gasteiger partial charge >= 0.3 is 5.97 Å². The molecule has 1 aromatic rings. The second-order valence-electron chi connectivity index (χ2n) is 8.80. The number of carbonyl (C=O) groups is 2. The molecule has 150 valence electrons. The molecule has 0 aromatic heterocycles. The van der Waals surface area contributed by atoms with E-state index in [4.69, 9.17) is 10.5 Å². The number of ether oxygens (including phenoxy) is 1. The Morgan fingerprint density at radius 2 is 2.04 bits per heavy atom. The predicted octanol–water partition coefficient (Wildman–Crippen LogP) is 1.78. The van der Waals surface area contributed by atoms with Crippen LogP contribution in [0.25, 0.3) is 0 Å². The zero-order chi connectivity index (χ0) is 20.2. The number of anilines is 2. The molecular weight excluding hydrogens is 344 g/mol. The van der Waals surface area contributed by atoms with Crippen LogP contribution in [-0.2, 0) is 9.53 Å².